The van der Waals surface area contributed by atoms with Gasteiger partial charge in [0.1, 0.15) is 12.1 Å². The van der Waals surface area contributed by atoms with Gasteiger partial charge < -0.3 is 20.6 Å². The third-order valence-corrected chi connectivity index (χ3v) is 6.70. The lowest BCUT2D eigenvalue weighted by Crippen LogP contribution is -2.55. The number of nitrogens with one attached hydrogen (secondary N) is 2. The number of nitrogens with zero attached hydrogens (tertiary/aromatic N) is 1. The van der Waals surface area contributed by atoms with E-state index in [1.54, 1.807) is 0 Å². The standard InChI is InChI=1S/C26H38FN3O4/c1-5-6-12-19(28-24(34)26(27)13-14-26)23(33)30-16-18(31)15-20(30)22(32)29-21(25(2,3)4)17-10-8-7-9-11-17/h7-11,18-21,31H,5-6,12-16H2,1-4H3,(H,28,34)(H,29,32). The molecule has 188 valence electrons. The first-order chi connectivity index (χ1) is 16.0. The van der Waals surface area contributed by atoms with Crippen molar-refractivity contribution in [3.63, 3.8) is 0 Å². The van der Waals surface area contributed by atoms with Gasteiger partial charge in [-0.1, -0.05) is 70.9 Å². The SMILES string of the molecule is CCCCC(NC(=O)C1(F)CC1)C(=O)N1CC(O)CC1C(=O)NC(c1ccccc1)C(C)(C)C. The zero-order valence-corrected chi connectivity index (χ0v) is 20.6. The van der Waals surface area contributed by atoms with E-state index < -0.39 is 35.7 Å². The zero-order chi connectivity index (χ0) is 25.1. The molecular formula is C26H38FN3O4. The fourth-order valence-corrected chi connectivity index (χ4v) is 4.48. The van der Waals surface area contributed by atoms with Gasteiger partial charge in [0.2, 0.25) is 11.8 Å². The van der Waals surface area contributed by atoms with Crippen LogP contribution in [0.4, 0.5) is 4.39 Å². The van der Waals surface area contributed by atoms with Gasteiger partial charge in [-0.25, -0.2) is 4.39 Å². The molecule has 8 heteroatoms. The van der Waals surface area contributed by atoms with E-state index in [-0.39, 0.29) is 43.2 Å². The van der Waals surface area contributed by atoms with E-state index in [4.69, 9.17) is 0 Å². The number of halogens is 1. The second-order valence-corrected chi connectivity index (χ2v) is 10.7. The molecule has 0 aromatic heterocycles. The molecule has 34 heavy (non-hydrogen) atoms. The van der Waals surface area contributed by atoms with Gasteiger partial charge in [-0.15, -0.1) is 0 Å². The number of aliphatic hydroxyl groups is 1. The highest BCUT2D eigenvalue weighted by Gasteiger charge is 2.52. The second kappa shape index (κ2) is 10.4. The van der Waals surface area contributed by atoms with Crippen molar-refractivity contribution in [1.29, 1.82) is 0 Å². The fraction of sp³-hybridized carbons (Fsp3) is 0.654. The summed E-state index contributed by atoms with van der Waals surface area (Å²) in [5.41, 5.74) is -1.23. The topological polar surface area (TPSA) is 98.7 Å². The molecule has 0 radical (unpaired) electrons. The van der Waals surface area contributed by atoms with Crippen molar-refractivity contribution in [1.82, 2.24) is 15.5 Å². The maximum absolute atomic E-state index is 14.3. The highest BCUT2D eigenvalue weighted by molar-refractivity contribution is 5.95. The Morgan fingerprint density at radius 1 is 1.18 bits per heavy atom. The van der Waals surface area contributed by atoms with Crippen LogP contribution in [-0.2, 0) is 14.4 Å². The average Bonchev–Trinajstić information content (AvgIpc) is 3.42. The molecule has 1 aromatic carbocycles. The summed E-state index contributed by atoms with van der Waals surface area (Å²) in [5, 5.41) is 16.0. The van der Waals surface area contributed by atoms with Crippen LogP contribution in [0.1, 0.15) is 77.8 Å². The van der Waals surface area contributed by atoms with Crippen LogP contribution in [0.25, 0.3) is 0 Å². The highest BCUT2D eigenvalue weighted by Crippen LogP contribution is 2.40. The van der Waals surface area contributed by atoms with Crippen molar-refractivity contribution in [2.75, 3.05) is 6.54 Å². The number of hydrogen-bond acceptors (Lipinski definition) is 4. The quantitative estimate of drug-likeness (QED) is 0.511. The molecule has 0 spiro atoms. The summed E-state index contributed by atoms with van der Waals surface area (Å²) in [7, 11) is 0. The van der Waals surface area contributed by atoms with Gasteiger partial charge in [-0.3, -0.25) is 14.4 Å². The average molecular weight is 476 g/mol. The van der Waals surface area contributed by atoms with Gasteiger partial charge in [0.25, 0.3) is 5.91 Å². The number of carbonyl (C=O) groups is 3. The number of carbonyl (C=O) groups excluding carboxylic acids is 3. The van der Waals surface area contributed by atoms with Crippen LogP contribution in [-0.4, -0.2) is 58.1 Å². The van der Waals surface area contributed by atoms with Crippen molar-refractivity contribution < 1.29 is 23.9 Å². The third kappa shape index (κ3) is 6.14. The summed E-state index contributed by atoms with van der Waals surface area (Å²) < 4.78 is 14.3. The molecule has 1 aliphatic heterocycles. The third-order valence-electron chi connectivity index (χ3n) is 6.70. The molecule has 7 nitrogen and oxygen atoms in total. The Labute approximate surface area is 201 Å². The molecular weight excluding hydrogens is 437 g/mol. The van der Waals surface area contributed by atoms with Gasteiger partial charge in [0.05, 0.1) is 12.1 Å². The second-order valence-electron chi connectivity index (χ2n) is 10.7. The van der Waals surface area contributed by atoms with Crippen molar-refractivity contribution in [2.45, 2.75) is 96.1 Å². The van der Waals surface area contributed by atoms with Crippen molar-refractivity contribution in [3.05, 3.63) is 35.9 Å². The Balaban J connectivity index is 1.77. The molecule has 4 atom stereocenters. The number of aliphatic hydroxyl groups excluding tert-OH is 1. The monoisotopic (exact) mass is 475 g/mol. The number of β-amino-alcohol motifs (C(OH)–C–C–N with tert-alkyl or cyclic N) is 1. The number of hydrogen-bond donors (Lipinski definition) is 3. The van der Waals surface area contributed by atoms with Crippen LogP contribution >= 0.6 is 0 Å². The Morgan fingerprint density at radius 2 is 1.82 bits per heavy atom. The van der Waals surface area contributed by atoms with E-state index >= 15 is 0 Å². The lowest BCUT2D eigenvalue weighted by molar-refractivity contribution is -0.143. The van der Waals surface area contributed by atoms with E-state index in [1.165, 1.54) is 4.90 Å². The van der Waals surface area contributed by atoms with E-state index in [1.807, 2.05) is 58.0 Å². The molecule has 3 N–H and O–H groups in total. The minimum absolute atomic E-state index is 0.00169. The highest BCUT2D eigenvalue weighted by atomic mass is 19.1. The van der Waals surface area contributed by atoms with Crippen LogP contribution in [0.5, 0.6) is 0 Å². The largest absolute Gasteiger partial charge is 0.391 e. The molecule has 1 saturated carbocycles. The Morgan fingerprint density at radius 3 is 2.38 bits per heavy atom. The van der Waals surface area contributed by atoms with Crippen molar-refractivity contribution in [3.8, 4) is 0 Å². The molecule has 4 unspecified atom stereocenters. The maximum atomic E-state index is 14.3. The zero-order valence-electron chi connectivity index (χ0n) is 20.6. The van der Waals surface area contributed by atoms with Crippen molar-refractivity contribution in [2.24, 2.45) is 5.41 Å². The predicted octanol–water partition coefficient (Wildman–Crippen LogP) is 3.03. The van der Waals surface area contributed by atoms with Crippen LogP contribution in [0.3, 0.4) is 0 Å². The molecule has 2 aliphatic rings. The normalized spacial score (nSPS) is 23.2. The van der Waals surface area contributed by atoms with Gasteiger partial charge >= 0.3 is 0 Å². The first kappa shape index (κ1) is 26.1. The van der Waals surface area contributed by atoms with Gasteiger partial charge in [0.15, 0.2) is 5.67 Å². The summed E-state index contributed by atoms with van der Waals surface area (Å²) in [6, 6.07) is 7.54. The summed E-state index contributed by atoms with van der Waals surface area (Å²) in [5.74, 6) is -1.56. The van der Waals surface area contributed by atoms with Crippen LogP contribution in [0.15, 0.2) is 30.3 Å². The van der Waals surface area contributed by atoms with E-state index in [0.29, 0.717) is 12.8 Å². The fourth-order valence-electron chi connectivity index (χ4n) is 4.48. The number of likely N-dealkylation sites (tertiary alicyclic amines) is 1. The van der Waals surface area contributed by atoms with Crippen molar-refractivity contribution >= 4 is 17.7 Å². The maximum Gasteiger partial charge on any atom is 0.258 e. The lowest BCUT2D eigenvalue weighted by Gasteiger charge is -2.34. The molecule has 1 aliphatic carbocycles. The number of unbranched alkanes of at least 4 members (excludes halogenated alkanes) is 1. The molecule has 2 fully saturated rings. The Hall–Kier alpha value is -2.48. The number of rotatable bonds is 9. The van der Waals surface area contributed by atoms with E-state index in [0.717, 1.165) is 12.0 Å². The molecule has 1 saturated heterocycles. The van der Waals surface area contributed by atoms with E-state index in [2.05, 4.69) is 10.6 Å². The first-order valence-electron chi connectivity index (χ1n) is 12.3. The molecule has 3 rings (SSSR count). The van der Waals surface area contributed by atoms with E-state index in [9.17, 15) is 23.9 Å². The lowest BCUT2D eigenvalue weighted by atomic mass is 9.82. The number of amides is 3. The Kier molecular flexibility index (Phi) is 8.01. The van der Waals surface area contributed by atoms with Crippen LogP contribution < -0.4 is 10.6 Å². The molecule has 3 amide bonds. The summed E-state index contributed by atoms with van der Waals surface area (Å²) >= 11 is 0. The summed E-state index contributed by atoms with van der Waals surface area (Å²) in [6.07, 6.45) is 1.42. The molecule has 1 aromatic rings. The first-order valence-corrected chi connectivity index (χ1v) is 12.3. The number of alkyl halides is 1. The summed E-state index contributed by atoms with van der Waals surface area (Å²) in [6.45, 7) is 8.05. The Bertz CT molecular complexity index is 882. The predicted molar refractivity (Wildman–Crippen MR) is 127 cm³/mol. The van der Waals surface area contributed by atoms with Crippen LogP contribution in [0.2, 0.25) is 0 Å². The minimum atomic E-state index is -1.89. The molecule has 1 heterocycles. The van der Waals surface area contributed by atoms with Gasteiger partial charge in [-0.05, 0) is 30.2 Å². The smallest absolute Gasteiger partial charge is 0.258 e. The van der Waals surface area contributed by atoms with Gasteiger partial charge in [0, 0.05) is 13.0 Å². The molecule has 0 bridgehead atoms. The minimum Gasteiger partial charge on any atom is -0.391 e. The van der Waals surface area contributed by atoms with Gasteiger partial charge in [-0.2, -0.15) is 0 Å². The number of benzene rings is 1. The summed E-state index contributed by atoms with van der Waals surface area (Å²) in [4.78, 5) is 40.5. The van der Waals surface area contributed by atoms with Crippen LogP contribution in [0, 0.1) is 5.41 Å².